The standard InChI is InChI=1S/C16H15N3O2/c1-10-8-12(17)6-7-14(10)16-18-15(19-21-16)11-4-3-5-13(9-11)20-2/h3-9H,17H2,1-2H3. The summed E-state index contributed by atoms with van der Waals surface area (Å²) in [4.78, 5) is 4.44. The molecule has 3 rings (SSSR count). The van der Waals surface area contributed by atoms with Crippen LogP contribution in [0.25, 0.3) is 22.8 Å². The van der Waals surface area contributed by atoms with Crippen LogP contribution in [-0.4, -0.2) is 17.3 Å². The molecule has 5 heteroatoms. The number of hydrogen-bond donors (Lipinski definition) is 1. The van der Waals surface area contributed by atoms with Crippen molar-refractivity contribution in [3.05, 3.63) is 48.0 Å². The van der Waals surface area contributed by atoms with Gasteiger partial charge in [-0.25, -0.2) is 0 Å². The molecule has 5 nitrogen and oxygen atoms in total. The predicted molar refractivity (Wildman–Crippen MR) is 80.9 cm³/mol. The quantitative estimate of drug-likeness (QED) is 0.745. The van der Waals surface area contributed by atoms with Gasteiger partial charge in [0.25, 0.3) is 5.89 Å². The number of rotatable bonds is 3. The van der Waals surface area contributed by atoms with Crippen molar-refractivity contribution in [1.82, 2.24) is 10.1 Å². The Bertz CT molecular complexity index is 781. The molecule has 2 N–H and O–H groups in total. The molecule has 0 atom stereocenters. The first-order chi connectivity index (χ1) is 10.2. The van der Waals surface area contributed by atoms with Crippen LogP contribution in [0.5, 0.6) is 5.75 Å². The van der Waals surface area contributed by atoms with Crippen molar-refractivity contribution in [1.29, 1.82) is 0 Å². The molecular formula is C16H15N3O2. The monoisotopic (exact) mass is 281 g/mol. The second-order valence-corrected chi connectivity index (χ2v) is 4.73. The van der Waals surface area contributed by atoms with E-state index in [4.69, 9.17) is 15.0 Å². The molecule has 0 aliphatic rings. The summed E-state index contributed by atoms with van der Waals surface area (Å²) in [7, 11) is 1.62. The molecule has 0 unspecified atom stereocenters. The molecule has 0 radical (unpaired) electrons. The van der Waals surface area contributed by atoms with Crippen LogP contribution >= 0.6 is 0 Å². The largest absolute Gasteiger partial charge is 0.497 e. The van der Waals surface area contributed by atoms with Crippen molar-refractivity contribution in [3.63, 3.8) is 0 Å². The highest BCUT2D eigenvalue weighted by Gasteiger charge is 2.13. The Morgan fingerprint density at radius 2 is 2.00 bits per heavy atom. The van der Waals surface area contributed by atoms with Crippen molar-refractivity contribution in [2.75, 3.05) is 12.8 Å². The number of ether oxygens (including phenoxy) is 1. The number of aromatic nitrogens is 2. The molecule has 0 bridgehead atoms. The summed E-state index contributed by atoms with van der Waals surface area (Å²) in [6.45, 7) is 1.96. The van der Waals surface area contributed by atoms with Crippen molar-refractivity contribution in [3.8, 4) is 28.6 Å². The predicted octanol–water partition coefficient (Wildman–Crippen LogP) is 3.30. The lowest BCUT2D eigenvalue weighted by Crippen LogP contribution is -1.89. The Balaban J connectivity index is 1.99. The topological polar surface area (TPSA) is 74.2 Å². The molecule has 0 aliphatic carbocycles. The van der Waals surface area contributed by atoms with Crippen LogP contribution in [0.4, 0.5) is 5.69 Å². The van der Waals surface area contributed by atoms with Crippen LogP contribution in [0.1, 0.15) is 5.56 Å². The molecule has 0 amide bonds. The molecular weight excluding hydrogens is 266 g/mol. The number of benzene rings is 2. The second-order valence-electron chi connectivity index (χ2n) is 4.73. The third-order valence-electron chi connectivity index (χ3n) is 3.23. The highest BCUT2D eigenvalue weighted by atomic mass is 16.5. The minimum atomic E-state index is 0.477. The number of anilines is 1. The maximum atomic E-state index is 5.75. The van der Waals surface area contributed by atoms with E-state index in [0.717, 1.165) is 22.4 Å². The van der Waals surface area contributed by atoms with Crippen LogP contribution in [0.2, 0.25) is 0 Å². The zero-order chi connectivity index (χ0) is 14.8. The fourth-order valence-electron chi connectivity index (χ4n) is 2.14. The van der Waals surface area contributed by atoms with E-state index in [2.05, 4.69) is 10.1 Å². The lowest BCUT2D eigenvalue weighted by molar-refractivity contribution is 0.414. The van der Waals surface area contributed by atoms with Gasteiger partial charge in [-0.1, -0.05) is 17.3 Å². The molecule has 21 heavy (non-hydrogen) atoms. The van der Waals surface area contributed by atoms with Crippen LogP contribution in [0.15, 0.2) is 47.0 Å². The molecule has 0 spiro atoms. The van der Waals surface area contributed by atoms with E-state index in [9.17, 15) is 0 Å². The summed E-state index contributed by atoms with van der Waals surface area (Å²) in [5, 5.41) is 4.03. The molecule has 3 aromatic rings. The van der Waals surface area contributed by atoms with Crippen LogP contribution < -0.4 is 10.5 Å². The van der Waals surface area contributed by atoms with Crippen molar-refractivity contribution < 1.29 is 9.26 Å². The molecule has 1 heterocycles. The van der Waals surface area contributed by atoms with Gasteiger partial charge >= 0.3 is 0 Å². The van der Waals surface area contributed by atoms with Crippen LogP contribution in [-0.2, 0) is 0 Å². The molecule has 0 saturated carbocycles. The Kier molecular flexibility index (Phi) is 3.31. The molecule has 106 valence electrons. The van der Waals surface area contributed by atoms with Gasteiger partial charge in [0.15, 0.2) is 0 Å². The second kappa shape index (κ2) is 5.28. The number of nitrogen functional groups attached to an aromatic ring is 1. The highest BCUT2D eigenvalue weighted by molar-refractivity contribution is 5.65. The van der Waals surface area contributed by atoms with Gasteiger partial charge in [0.2, 0.25) is 5.82 Å². The fourth-order valence-corrected chi connectivity index (χ4v) is 2.14. The third-order valence-corrected chi connectivity index (χ3v) is 3.23. The Hall–Kier alpha value is -2.82. The number of nitrogens with zero attached hydrogens (tertiary/aromatic N) is 2. The third kappa shape index (κ3) is 2.58. The maximum Gasteiger partial charge on any atom is 0.258 e. The fraction of sp³-hybridized carbons (Fsp3) is 0.125. The maximum absolute atomic E-state index is 5.75. The summed E-state index contributed by atoms with van der Waals surface area (Å²) in [6.07, 6.45) is 0. The molecule has 0 fully saturated rings. The summed E-state index contributed by atoms with van der Waals surface area (Å²) in [6, 6.07) is 13.1. The SMILES string of the molecule is COc1cccc(-c2noc(-c3ccc(N)cc3C)n2)c1. The van der Waals surface area contributed by atoms with Crippen molar-refractivity contribution >= 4 is 5.69 Å². The minimum absolute atomic E-state index is 0.477. The molecule has 1 aromatic heterocycles. The highest BCUT2D eigenvalue weighted by Crippen LogP contribution is 2.27. The van der Waals surface area contributed by atoms with E-state index in [1.807, 2.05) is 49.4 Å². The summed E-state index contributed by atoms with van der Waals surface area (Å²) < 4.78 is 10.6. The van der Waals surface area contributed by atoms with E-state index in [-0.39, 0.29) is 0 Å². The summed E-state index contributed by atoms with van der Waals surface area (Å²) in [5.41, 5.74) is 9.19. The van der Waals surface area contributed by atoms with Gasteiger partial charge in [0.1, 0.15) is 5.75 Å². The Morgan fingerprint density at radius 1 is 1.14 bits per heavy atom. The first-order valence-electron chi connectivity index (χ1n) is 6.52. The lowest BCUT2D eigenvalue weighted by atomic mass is 10.1. The minimum Gasteiger partial charge on any atom is -0.497 e. The van der Waals surface area contributed by atoms with Gasteiger partial charge in [0.05, 0.1) is 7.11 Å². The summed E-state index contributed by atoms with van der Waals surface area (Å²) >= 11 is 0. The van der Waals surface area contributed by atoms with E-state index in [1.165, 1.54) is 0 Å². The van der Waals surface area contributed by atoms with Crippen LogP contribution in [0, 0.1) is 6.92 Å². The normalized spacial score (nSPS) is 10.6. The number of aryl methyl sites for hydroxylation is 1. The molecule has 2 aromatic carbocycles. The zero-order valence-electron chi connectivity index (χ0n) is 11.8. The average molecular weight is 281 g/mol. The summed E-state index contributed by atoms with van der Waals surface area (Å²) in [5.74, 6) is 1.76. The number of nitrogens with two attached hydrogens (primary N) is 1. The smallest absolute Gasteiger partial charge is 0.258 e. The van der Waals surface area contributed by atoms with E-state index in [0.29, 0.717) is 17.4 Å². The molecule has 0 saturated heterocycles. The zero-order valence-corrected chi connectivity index (χ0v) is 11.8. The lowest BCUT2D eigenvalue weighted by Gasteiger charge is -2.01. The van der Waals surface area contributed by atoms with Gasteiger partial charge in [0, 0.05) is 16.8 Å². The van der Waals surface area contributed by atoms with E-state index in [1.54, 1.807) is 7.11 Å². The average Bonchev–Trinajstić information content (AvgIpc) is 2.97. The van der Waals surface area contributed by atoms with E-state index < -0.39 is 0 Å². The number of hydrogen-bond acceptors (Lipinski definition) is 5. The van der Waals surface area contributed by atoms with E-state index >= 15 is 0 Å². The van der Waals surface area contributed by atoms with Gasteiger partial charge in [-0.15, -0.1) is 0 Å². The first-order valence-corrected chi connectivity index (χ1v) is 6.52. The van der Waals surface area contributed by atoms with Crippen molar-refractivity contribution in [2.45, 2.75) is 6.92 Å². The van der Waals surface area contributed by atoms with Gasteiger partial charge in [-0.2, -0.15) is 4.98 Å². The molecule has 0 aliphatic heterocycles. The van der Waals surface area contributed by atoms with Gasteiger partial charge < -0.3 is 15.0 Å². The van der Waals surface area contributed by atoms with Gasteiger partial charge in [-0.05, 0) is 42.8 Å². The Morgan fingerprint density at radius 3 is 2.76 bits per heavy atom. The van der Waals surface area contributed by atoms with Crippen LogP contribution in [0.3, 0.4) is 0 Å². The number of methoxy groups -OCH3 is 1. The van der Waals surface area contributed by atoms with Gasteiger partial charge in [-0.3, -0.25) is 0 Å². The first kappa shape index (κ1) is 13.2. The Labute approximate surface area is 122 Å². The van der Waals surface area contributed by atoms with Crippen molar-refractivity contribution in [2.24, 2.45) is 0 Å².